The lowest BCUT2D eigenvalue weighted by atomic mass is 9.85. The monoisotopic (exact) mass is 323 g/mol. The minimum Gasteiger partial charge on any atom is -0.398 e. The molecular formula is C17H29NO3Si. The molecule has 2 atom stereocenters. The van der Waals surface area contributed by atoms with Crippen molar-refractivity contribution in [2.75, 3.05) is 27.1 Å². The first kappa shape index (κ1) is 17.5. The topological polar surface area (TPSA) is 53.7 Å². The van der Waals surface area contributed by atoms with E-state index in [-0.39, 0.29) is 11.1 Å². The number of hydrogen-bond acceptors (Lipinski definition) is 4. The molecule has 0 spiro atoms. The second-order valence-electron chi connectivity index (χ2n) is 6.08. The van der Waals surface area contributed by atoms with Crippen LogP contribution in [0.5, 0.6) is 0 Å². The number of nitrogen functional groups attached to an aromatic ring is 1. The van der Waals surface area contributed by atoms with Crippen molar-refractivity contribution in [2.45, 2.75) is 49.8 Å². The van der Waals surface area contributed by atoms with Gasteiger partial charge in [-0.05, 0) is 30.5 Å². The second-order valence-corrected chi connectivity index (χ2v) is 9.75. The summed E-state index contributed by atoms with van der Waals surface area (Å²) >= 11 is 0. The van der Waals surface area contributed by atoms with Crippen LogP contribution in [-0.2, 0) is 13.6 Å². The summed E-state index contributed by atoms with van der Waals surface area (Å²) in [4.78, 5) is 0. The number of hydrogen-bond donors (Lipinski definition) is 1. The van der Waals surface area contributed by atoms with Gasteiger partial charge in [-0.1, -0.05) is 38.0 Å². The highest BCUT2D eigenvalue weighted by Crippen LogP contribution is 2.51. The third-order valence-electron chi connectivity index (χ3n) is 5.22. The lowest BCUT2D eigenvalue weighted by Gasteiger charge is -2.52. The number of rotatable bonds is 6. The van der Waals surface area contributed by atoms with Crippen LogP contribution in [0.4, 0.5) is 5.69 Å². The number of anilines is 1. The maximum atomic E-state index is 6.27. The van der Waals surface area contributed by atoms with Gasteiger partial charge in [0.15, 0.2) is 0 Å². The Hall–Kier alpha value is -0.883. The summed E-state index contributed by atoms with van der Waals surface area (Å²) < 4.78 is 18.3. The maximum absolute atomic E-state index is 6.27. The van der Waals surface area contributed by atoms with Gasteiger partial charge < -0.3 is 19.3 Å². The third kappa shape index (κ3) is 2.60. The molecule has 1 saturated heterocycles. The fourth-order valence-corrected chi connectivity index (χ4v) is 8.38. The van der Waals surface area contributed by atoms with E-state index in [0.29, 0.717) is 0 Å². The minimum atomic E-state index is -2.48. The highest BCUT2D eigenvalue weighted by atomic mass is 28.4. The van der Waals surface area contributed by atoms with Crippen LogP contribution in [0.15, 0.2) is 24.3 Å². The Bertz CT molecular complexity index is 493. The Morgan fingerprint density at radius 1 is 1.23 bits per heavy atom. The van der Waals surface area contributed by atoms with Gasteiger partial charge in [0.25, 0.3) is 0 Å². The summed E-state index contributed by atoms with van der Waals surface area (Å²) in [6.07, 6.45) is 4.10. The molecule has 2 unspecified atom stereocenters. The van der Waals surface area contributed by atoms with E-state index in [2.05, 4.69) is 19.1 Å². The van der Waals surface area contributed by atoms with Gasteiger partial charge in [-0.15, -0.1) is 0 Å². The fraction of sp³-hybridized carbons (Fsp3) is 0.647. The highest BCUT2D eigenvalue weighted by Gasteiger charge is 2.63. The lowest BCUT2D eigenvalue weighted by Crippen LogP contribution is -2.67. The molecule has 4 nitrogen and oxygen atoms in total. The SMILES string of the molecule is CCCC1(OC)C(c2ccccc2N)CCC[Si]1(OC)OC. The molecule has 0 saturated carbocycles. The average Bonchev–Trinajstić information content (AvgIpc) is 2.56. The van der Waals surface area contributed by atoms with Crippen molar-refractivity contribution in [2.24, 2.45) is 0 Å². The van der Waals surface area contributed by atoms with Crippen LogP contribution in [0.3, 0.4) is 0 Å². The number of ether oxygens (including phenoxy) is 1. The number of nitrogens with two attached hydrogens (primary N) is 1. The van der Waals surface area contributed by atoms with Gasteiger partial charge in [-0.2, -0.15) is 0 Å². The van der Waals surface area contributed by atoms with E-state index in [0.717, 1.165) is 37.4 Å². The van der Waals surface area contributed by atoms with Gasteiger partial charge in [0.05, 0.1) is 0 Å². The Balaban J connectivity index is 2.57. The smallest absolute Gasteiger partial charge is 0.371 e. The molecule has 0 aliphatic carbocycles. The van der Waals surface area contributed by atoms with Gasteiger partial charge in [0.1, 0.15) is 5.22 Å². The second kappa shape index (κ2) is 7.13. The molecule has 0 bridgehead atoms. The molecule has 0 aromatic heterocycles. The zero-order chi connectivity index (χ0) is 16.2. The molecule has 124 valence electrons. The molecule has 2 N–H and O–H groups in total. The molecule has 1 aromatic rings. The van der Waals surface area contributed by atoms with Crippen molar-refractivity contribution < 1.29 is 13.6 Å². The van der Waals surface area contributed by atoms with Gasteiger partial charge in [-0.3, -0.25) is 0 Å². The van der Waals surface area contributed by atoms with E-state index in [1.54, 1.807) is 21.3 Å². The van der Waals surface area contributed by atoms with Gasteiger partial charge in [0, 0.05) is 32.9 Å². The molecule has 1 heterocycles. The van der Waals surface area contributed by atoms with Crippen LogP contribution in [0.1, 0.15) is 44.1 Å². The Labute approximate surface area is 135 Å². The predicted octanol–water partition coefficient (Wildman–Crippen LogP) is 3.61. The maximum Gasteiger partial charge on any atom is 0.371 e. The first-order valence-electron chi connectivity index (χ1n) is 8.10. The van der Waals surface area contributed by atoms with E-state index in [4.69, 9.17) is 19.3 Å². The number of benzene rings is 1. The third-order valence-corrected chi connectivity index (χ3v) is 9.65. The van der Waals surface area contributed by atoms with Gasteiger partial charge in [0.2, 0.25) is 0 Å². The molecule has 22 heavy (non-hydrogen) atoms. The zero-order valence-electron chi connectivity index (χ0n) is 14.2. The molecule has 5 heteroatoms. The van der Waals surface area contributed by atoms with Crippen LogP contribution >= 0.6 is 0 Å². The standard InChI is InChI=1S/C17H29NO3Si/c1-5-12-17(19-2)15(14-9-6-7-11-16(14)18)10-8-13-22(17,20-3)21-4/h6-7,9,11,15H,5,8,10,12-13,18H2,1-4H3. The highest BCUT2D eigenvalue weighted by molar-refractivity contribution is 6.71. The molecule has 0 amide bonds. The molecule has 1 aliphatic heterocycles. The van der Waals surface area contributed by atoms with Gasteiger partial charge in [-0.25, -0.2) is 0 Å². The summed E-state index contributed by atoms with van der Waals surface area (Å²) in [6, 6.07) is 9.10. The Morgan fingerprint density at radius 2 is 1.91 bits per heavy atom. The molecule has 1 fully saturated rings. The summed E-state index contributed by atoms with van der Waals surface area (Å²) in [5, 5.41) is -0.390. The number of para-hydroxylation sites is 1. The van der Waals surface area contributed by atoms with Crippen LogP contribution < -0.4 is 5.73 Å². The van der Waals surface area contributed by atoms with Crippen molar-refractivity contribution in [3.8, 4) is 0 Å². The summed E-state index contributed by atoms with van der Waals surface area (Å²) in [5.41, 5.74) is 8.28. The molecule has 1 aromatic carbocycles. The van der Waals surface area contributed by atoms with Crippen LogP contribution in [-0.4, -0.2) is 35.1 Å². The van der Waals surface area contributed by atoms with Crippen molar-refractivity contribution in [1.29, 1.82) is 0 Å². The van der Waals surface area contributed by atoms with Crippen molar-refractivity contribution in [3.05, 3.63) is 29.8 Å². The molecule has 1 aliphatic rings. The lowest BCUT2D eigenvalue weighted by molar-refractivity contribution is -0.0301. The Morgan fingerprint density at radius 3 is 2.45 bits per heavy atom. The van der Waals surface area contributed by atoms with Crippen molar-refractivity contribution >= 4 is 14.2 Å². The Kier molecular flexibility index (Phi) is 5.66. The quantitative estimate of drug-likeness (QED) is 0.642. The average molecular weight is 324 g/mol. The predicted molar refractivity (Wildman–Crippen MR) is 92.1 cm³/mol. The van der Waals surface area contributed by atoms with E-state index >= 15 is 0 Å². The van der Waals surface area contributed by atoms with E-state index in [1.807, 2.05) is 12.1 Å². The summed E-state index contributed by atoms with van der Waals surface area (Å²) in [7, 11) is 2.87. The molecule has 2 rings (SSSR count). The molecular weight excluding hydrogens is 294 g/mol. The minimum absolute atomic E-state index is 0.221. The summed E-state index contributed by atoms with van der Waals surface area (Å²) in [6.45, 7) is 2.19. The zero-order valence-corrected chi connectivity index (χ0v) is 15.2. The van der Waals surface area contributed by atoms with Crippen molar-refractivity contribution in [3.63, 3.8) is 0 Å². The van der Waals surface area contributed by atoms with E-state index < -0.39 is 8.56 Å². The first-order chi connectivity index (χ1) is 10.6. The number of methoxy groups -OCH3 is 1. The normalized spacial score (nSPS) is 27.7. The van der Waals surface area contributed by atoms with Crippen LogP contribution in [0.2, 0.25) is 6.04 Å². The summed E-state index contributed by atoms with van der Waals surface area (Å²) in [5.74, 6) is 0.221. The van der Waals surface area contributed by atoms with Crippen LogP contribution in [0, 0.1) is 0 Å². The fourth-order valence-electron chi connectivity index (χ4n) is 4.25. The van der Waals surface area contributed by atoms with E-state index in [1.165, 1.54) is 5.56 Å². The van der Waals surface area contributed by atoms with Gasteiger partial charge >= 0.3 is 8.56 Å². The largest absolute Gasteiger partial charge is 0.398 e. The van der Waals surface area contributed by atoms with E-state index in [9.17, 15) is 0 Å². The molecule has 0 radical (unpaired) electrons. The van der Waals surface area contributed by atoms with Crippen molar-refractivity contribution in [1.82, 2.24) is 0 Å². The first-order valence-corrected chi connectivity index (χ1v) is 10.1. The van der Waals surface area contributed by atoms with Crippen LogP contribution in [0.25, 0.3) is 0 Å².